The van der Waals surface area contributed by atoms with Crippen molar-refractivity contribution in [3.05, 3.63) is 64.9 Å². The largest absolute Gasteiger partial charge is 0.482 e. The van der Waals surface area contributed by atoms with Crippen LogP contribution in [0.25, 0.3) is 22.5 Å². The molecule has 1 atom stereocenters. The molecule has 0 radical (unpaired) electrons. The molecular formula is C25H27FN6O. The van der Waals surface area contributed by atoms with E-state index in [4.69, 9.17) is 20.7 Å². The third-order valence-electron chi connectivity index (χ3n) is 6.21. The number of benzene rings is 1. The molecular weight excluding hydrogens is 419 g/mol. The van der Waals surface area contributed by atoms with Crippen LogP contribution in [0.3, 0.4) is 0 Å². The summed E-state index contributed by atoms with van der Waals surface area (Å²) in [6.07, 6.45) is 4.77. The maximum absolute atomic E-state index is 14.3. The van der Waals surface area contributed by atoms with Crippen molar-refractivity contribution in [2.45, 2.75) is 46.3 Å². The van der Waals surface area contributed by atoms with Gasteiger partial charge in [0, 0.05) is 60.2 Å². The molecule has 2 bridgehead atoms. The Morgan fingerprint density at radius 3 is 2.79 bits per heavy atom. The molecule has 0 spiro atoms. The third kappa shape index (κ3) is 3.55. The van der Waals surface area contributed by atoms with Gasteiger partial charge in [0.25, 0.3) is 0 Å². The van der Waals surface area contributed by atoms with Gasteiger partial charge >= 0.3 is 0 Å². The van der Waals surface area contributed by atoms with E-state index in [0.717, 1.165) is 52.3 Å². The van der Waals surface area contributed by atoms with Gasteiger partial charge in [0.2, 0.25) is 0 Å². The summed E-state index contributed by atoms with van der Waals surface area (Å²) >= 11 is 0. The fourth-order valence-corrected chi connectivity index (χ4v) is 4.67. The molecule has 3 aromatic heterocycles. The highest BCUT2D eigenvalue weighted by atomic mass is 19.1. The number of aromatic nitrogens is 5. The lowest BCUT2D eigenvalue weighted by atomic mass is 9.93. The average molecular weight is 447 g/mol. The van der Waals surface area contributed by atoms with Crippen molar-refractivity contribution in [1.29, 1.82) is 0 Å². The number of anilines is 1. The molecule has 2 N–H and O–H groups in total. The smallest absolute Gasteiger partial charge is 0.166 e. The second-order valence-electron chi connectivity index (χ2n) is 8.40. The molecule has 0 fully saturated rings. The highest BCUT2D eigenvalue weighted by Crippen LogP contribution is 2.39. The van der Waals surface area contributed by atoms with Gasteiger partial charge in [-0.05, 0) is 44.5 Å². The van der Waals surface area contributed by atoms with Crippen molar-refractivity contribution in [2.75, 3.05) is 5.73 Å². The molecule has 0 aliphatic carbocycles. The van der Waals surface area contributed by atoms with Gasteiger partial charge in [-0.25, -0.2) is 9.37 Å². The maximum Gasteiger partial charge on any atom is 0.166 e. The van der Waals surface area contributed by atoms with Crippen LogP contribution in [0, 0.1) is 5.82 Å². The SMILES string of the molecule is CCc1nn(CC)c2c1Cc1cn(C)nc1-c1ccc(F)cc1[C@@H](C)Oc1cc-2cnc1N. The van der Waals surface area contributed by atoms with Crippen LogP contribution in [0.4, 0.5) is 10.2 Å². The maximum atomic E-state index is 14.3. The number of halogens is 1. The van der Waals surface area contributed by atoms with E-state index in [9.17, 15) is 4.39 Å². The Bertz CT molecular complexity index is 1360. The van der Waals surface area contributed by atoms with E-state index < -0.39 is 6.10 Å². The van der Waals surface area contributed by atoms with E-state index in [1.54, 1.807) is 16.9 Å². The van der Waals surface area contributed by atoms with Crippen molar-refractivity contribution in [3.8, 4) is 28.3 Å². The molecule has 170 valence electrons. The summed E-state index contributed by atoms with van der Waals surface area (Å²) in [5, 5.41) is 9.65. The molecule has 0 saturated carbocycles. The molecule has 1 aromatic carbocycles. The van der Waals surface area contributed by atoms with Crippen LogP contribution in [0.1, 0.15) is 49.3 Å². The Balaban J connectivity index is 1.84. The Kier molecular flexibility index (Phi) is 5.15. The van der Waals surface area contributed by atoms with Gasteiger partial charge in [0.1, 0.15) is 11.9 Å². The second kappa shape index (κ2) is 8.03. The Hall–Kier alpha value is -3.68. The van der Waals surface area contributed by atoms with Crippen molar-refractivity contribution in [2.24, 2.45) is 7.05 Å². The number of ether oxygens (including phenoxy) is 1. The quantitative estimate of drug-likeness (QED) is 0.483. The number of pyridine rings is 1. The highest BCUT2D eigenvalue weighted by molar-refractivity contribution is 5.72. The van der Waals surface area contributed by atoms with E-state index in [1.807, 2.05) is 30.9 Å². The monoisotopic (exact) mass is 446 g/mol. The summed E-state index contributed by atoms with van der Waals surface area (Å²) < 4.78 is 24.4. The van der Waals surface area contributed by atoms with Crippen molar-refractivity contribution in [1.82, 2.24) is 24.5 Å². The zero-order valence-electron chi connectivity index (χ0n) is 19.3. The fraction of sp³-hybridized carbons (Fsp3) is 0.320. The first-order valence-electron chi connectivity index (χ1n) is 11.2. The molecule has 8 heteroatoms. The van der Waals surface area contributed by atoms with Crippen molar-refractivity contribution < 1.29 is 9.13 Å². The summed E-state index contributed by atoms with van der Waals surface area (Å²) in [4.78, 5) is 4.42. The summed E-state index contributed by atoms with van der Waals surface area (Å²) in [6.45, 7) is 6.79. The van der Waals surface area contributed by atoms with Crippen LogP contribution >= 0.6 is 0 Å². The first kappa shape index (κ1) is 21.2. The zero-order chi connectivity index (χ0) is 23.3. The summed E-state index contributed by atoms with van der Waals surface area (Å²) in [7, 11) is 1.90. The van der Waals surface area contributed by atoms with E-state index in [-0.39, 0.29) is 5.82 Å². The van der Waals surface area contributed by atoms with E-state index in [0.29, 0.717) is 23.6 Å². The zero-order valence-corrected chi connectivity index (χ0v) is 19.3. The van der Waals surface area contributed by atoms with Crippen molar-refractivity contribution in [3.63, 3.8) is 0 Å². The predicted octanol–water partition coefficient (Wildman–Crippen LogP) is 4.69. The summed E-state index contributed by atoms with van der Waals surface area (Å²) in [5.41, 5.74) is 13.7. The number of nitrogens with two attached hydrogens (primary N) is 1. The fourth-order valence-electron chi connectivity index (χ4n) is 4.67. The lowest BCUT2D eigenvalue weighted by molar-refractivity contribution is 0.227. The Morgan fingerprint density at radius 2 is 2.03 bits per heavy atom. The Labute approximate surface area is 192 Å². The number of nitrogen functional groups attached to an aromatic ring is 1. The first-order chi connectivity index (χ1) is 15.9. The molecule has 4 heterocycles. The summed E-state index contributed by atoms with van der Waals surface area (Å²) in [5.74, 6) is 0.428. The minimum atomic E-state index is -0.467. The third-order valence-corrected chi connectivity index (χ3v) is 6.21. The lowest BCUT2D eigenvalue weighted by Crippen LogP contribution is -2.10. The molecule has 1 aliphatic heterocycles. The number of rotatable bonds is 2. The number of nitrogens with zero attached hydrogens (tertiary/aromatic N) is 5. The number of fused-ring (bicyclic) bond motifs is 7. The Morgan fingerprint density at radius 1 is 1.21 bits per heavy atom. The highest BCUT2D eigenvalue weighted by Gasteiger charge is 2.26. The molecule has 33 heavy (non-hydrogen) atoms. The normalized spacial score (nSPS) is 15.0. The van der Waals surface area contributed by atoms with Gasteiger partial charge in [-0.15, -0.1) is 0 Å². The second-order valence-corrected chi connectivity index (χ2v) is 8.40. The molecule has 7 nitrogen and oxygen atoms in total. The van der Waals surface area contributed by atoms with E-state index in [2.05, 4.69) is 18.8 Å². The van der Waals surface area contributed by atoms with Gasteiger partial charge in [-0.2, -0.15) is 10.2 Å². The van der Waals surface area contributed by atoms with Gasteiger partial charge in [0.15, 0.2) is 11.6 Å². The molecule has 0 saturated heterocycles. The number of hydrogen-bond acceptors (Lipinski definition) is 5. The van der Waals surface area contributed by atoms with Gasteiger partial charge in [0.05, 0.1) is 17.1 Å². The minimum Gasteiger partial charge on any atom is -0.482 e. The van der Waals surface area contributed by atoms with Crippen LogP contribution < -0.4 is 10.5 Å². The number of aryl methyl sites for hydroxylation is 3. The van der Waals surface area contributed by atoms with Crippen LogP contribution in [0.5, 0.6) is 5.75 Å². The van der Waals surface area contributed by atoms with Crippen LogP contribution in [0.15, 0.2) is 36.7 Å². The summed E-state index contributed by atoms with van der Waals surface area (Å²) in [6, 6.07) is 6.66. The number of hydrogen-bond donors (Lipinski definition) is 1. The molecule has 0 unspecified atom stereocenters. The molecule has 5 rings (SSSR count). The van der Waals surface area contributed by atoms with Crippen LogP contribution in [-0.2, 0) is 26.4 Å². The molecule has 4 aromatic rings. The van der Waals surface area contributed by atoms with Gasteiger partial charge < -0.3 is 10.5 Å². The van der Waals surface area contributed by atoms with E-state index >= 15 is 0 Å². The topological polar surface area (TPSA) is 83.8 Å². The van der Waals surface area contributed by atoms with Crippen molar-refractivity contribution >= 4 is 5.82 Å². The van der Waals surface area contributed by atoms with Gasteiger partial charge in [-0.1, -0.05) is 6.92 Å². The predicted molar refractivity (Wildman–Crippen MR) is 125 cm³/mol. The average Bonchev–Trinajstić information content (AvgIpc) is 3.34. The standard InChI is InChI=1S/C25H27FN6O/c1-5-21-20-9-16-13-31(4)30-23(16)18-8-7-17(26)11-19(18)14(3)33-22-10-15(12-28-25(22)27)24(20)32(6-2)29-21/h7-8,10-14H,5-6,9H2,1-4H3,(H2,27,28)/t14-/m1/s1. The molecule has 1 aliphatic rings. The van der Waals surface area contributed by atoms with Gasteiger partial charge in [-0.3, -0.25) is 9.36 Å². The lowest BCUT2D eigenvalue weighted by Gasteiger charge is -2.21. The first-order valence-corrected chi connectivity index (χ1v) is 11.2. The molecule has 0 amide bonds. The van der Waals surface area contributed by atoms with Crippen LogP contribution in [-0.4, -0.2) is 24.5 Å². The van der Waals surface area contributed by atoms with E-state index in [1.165, 1.54) is 12.1 Å². The minimum absolute atomic E-state index is 0.291. The van der Waals surface area contributed by atoms with Crippen LogP contribution in [0.2, 0.25) is 0 Å².